The zero-order valence-corrected chi connectivity index (χ0v) is 11.0. The fraction of sp³-hybridized carbons (Fsp3) is 0.308. The Balaban J connectivity index is 2.10. The van der Waals surface area contributed by atoms with Crippen molar-refractivity contribution in [1.82, 2.24) is 10.6 Å². The lowest BCUT2D eigenvalue weighted by Gasteiger charge is -2.23. The summed E-state index contributed by atoms with van der Waals surface area (Å²) in [6.45, 7) is 2.06. The zero-order chi connectivity index (χ0) is 14.7. The SMILES string of the molecule is Cc1c(NC(=O)C2CNC(=O)CN2)cccc1C(N)=O. The van der Waals surface area contributed by atoms with E-state index in [0.717, 1.165) is 0 Å². The maximum atomic E-state index is 12.1. The maximum absolute atomic E-state index is 12.1. The van der Waals surface area contributed by atoms with Gasteiger partial charge in [0, 0.05) is 17.8 Å². The second-order valence-electron chi connectivity index (χ2n) is 4.57. The monoisotopic (exact) mass is 276 g/mol. The average molecular weight is 276 g/mol. The molecular formula is C13H16N4O3. The van der Waals surface area contributed by atoms with Crippen LogP contribution >= 0.6 is 0 Å². The largest absolute Gasteiger partial charge is 0.366 e. The highest BCUT2D eigenvalue weighted by Crippen LogP contribution is 2.18. The van der Waals surface area contributed by atoms with Gasteiger partial charge >= 0.3 is 0 Å². The van der Waals surface area contributed by atoms with Gasteiger partial charge < -0.3 is 16.4 Å². The first-order valence-electron chi connectivity index (χ1n) is 6.19. The lowest BCUT2D eigenvalue weighted by molar-refractivity contribution is -0.124. The summed E-state index contributed by atoms with van der Waals surface area (Å²) in [5.74, 6) is -0.947. The minimum Gasteiger partial charge on any atom is -0.366 e. The fourth-order valence-electron chi connectivity index (χ4n) is 2.01. The quantitative estimate of drug-likeness (QED) is 0.574. The van der Waals surface area contributed by atoms with Gasteiger partial charge in [-0.3, -0.25) is 19.7 Å². The molecule has 1 aliphatic rings. The number of hydrogen-bond donors (Lipinski definition) is 4. The predicted molar refractivity (Wildman–Crippen MR) is 73.1 cm³/mol. The van der Waals surface area contributed by atoms with Crippen LogP contribution in [0.25, 0.3) is 0 Å². The Hall–Kier alpha value is -2.41. The number of carbonyl (C=O) groups is 3. The highest BCUT2D eigenvalue weighted by molar-refractivity contribution is 6.00. The first kappa shape index (κ1) is 14.0. The van der Waals surface area contributed by atoms with Crippen LogP contribution in [0.5, 0.6) is 0 Å². The van der Waals surface area contributed by atoms with Crippen LogP contribution < -0.4 is 21.7 Å². The Morgan fingerprint density at radius 1 is 1.40 bits per heavy atom. The summed E-state index contributed by atoms with van der Waals surface area (Å²) < 4.78 is 0. The number of primary amides is 1. The summed E-state index contributed by atoms with van der Waals surface area (Å²) in [6, 6.07) is 4.45. The van der Waals surface area contributed by atoms with Crippen LogP contribution in [-0.2, 0) is 9.59 Å². The summed E-state index contributed by atoms with van der Waals surface area (Å²) in [5, 5.41) is 8.17. The highest BCUT2D eigenvalue weighted by atomic mass is 16.2. The van der Waals surface area contributed by atoms with Gasteiger partial charge in [0.05, 0.1) is 6.54 Å². The van der Waals surface area contributed by atoms with Gasteiger partial charge in [-0.15, -0.1) is 0 Å². The van der Waals surface area contributed by atoms with Gasteiger partial charge in [-0.25, -0.2) is 0 Å². The topological polar surface area (TPSA) is 113 Å². The molecule has 1 aliphatic heterocycles. The Labute approximate surface area is 115 Å². The predicted octanol–water partition coefficient (Wildman–Crippen LogP) is -0.880. The van der Waals surface area contributed by atoms with Gasteiger partial charge in [-0.1, -0.05) is 6.07 Å². The molecule has 2 rings (SSSR count). The Bertz CT molecular complexity index is 561. The van der Waals surface area contributed by atoms with Crippen molar-refractivity contribution >= 4 is 23.4 Å². The molecule has 20 heavy (non-hydrogen) atoms. The lowest BCUT2D eigenvalue weighted by Crippen LogP contribution is -2.56. The van der Waals surface area contributed by atoms with Crippen molar-refractivity contribution in [3.63, 3.8) is 0 Å². The van der Waals surface area contributed by atoms with Gasteiger partial charge in [0.25, 0.3) is 0 Å². The standard InChI is InChI=1S/C13H16N4O3/c1-7-8(12(14)19)3-2-4-9(7)17-13(20)10-5-16-11(18)6-15-10/h2-4,10,15H,5-6H2,1H3,(H2,14,19)(H,16,18)(H,17,20). The number of nitrogens with one attached hydrogen (secondary N) is 3. The summed E-state index contributed by atoms with van der Waals surface area (Å²) in [4.78, 5) is 34.3. The van der Waals surface area contributed by atoms with Crippen molar-refractivity contribution in [2.24, 2.45) is 5.73 Å². The number of piperazine rings is 1. The molecule has 0 radical (unpaired) electrons. The Morgan fingerprint density at radius 3 is 2.75 bits per heavy atom. The van der Waals surface area contributed by atoms with Crippen molar-refractivity contribution in [2.75, 3.05) is 18.4 Å². The zero-order valence-electron chi connectivity index (χ0n) is 11.0. The third-order valence-corrected chi connectivity index (χ3v) is 3.19. The van der Waals surface area contributed by atoms with Crippen molar-refractivity contribution in [3.05, 3.63) is 29.3 Å². The molecule has 106 valence electrons. The third kappa shape index (κ3) is 2.94. The molecule has 1 unspecified atom stereocenters. The van der Waals surface area contributed by atoms with E-state index >= 15 is 0 Å². The molecule has 0 aliphatic carbocycles. The molecule has 1 aromatic carbocycles. The fourth-order valence-corrected chi connectivity index (χ4v) is 2.01. The van der Waals surface area contributed by atoms with E-state index in [1.165, 1.54) is 0 Å². The average Bonchev–Trinajstić information content (AvgIpc) is 2.41. The van der Waals surface area contributed by atoms with E-state index in [0.29, 0.717) is 16.8 Å². The molecule has 1 aromatic rings. The number of amides is 3. The van der Waals surface area contributed by atoms with E-state index in [1.807, 2.05) is 0 Å². The molecule has 1 atom stereocenters. The number of rotatable bonds is 3. The molecule has 7 nitrogen and oxygen atoms in total. The highest BCUT2D eigenvalue weighted by Gasteiger charge is 2.24. The number of anilines is 1. The molecule has 1 fully saturated rings. The van der Waals surface area contributed by atoms with Gasteiger partial charge in [-0.2, -0.15) is 0 Å². The molecule has 0 aromatic heterocycles. The lowest BCUT2D eigenvalue weighted by atomic mass is 10.1. The van der Waals surface area contributed by atoms with Gasteiger partial charge in [0.2, 0.25) is 17.7 Å². The first-order chi connectivity index (χ1) is 9.49. The minimum atomic E-state index is -0.540. The molecule has 5 N–H and O–H groups in total. The summed E-state index contributed by atoms with van der Waals surface area (Å²) >= 11 is 0. The summed E-state index contributed by atoms with van der Waals surface area (Å²) in [7, 11) is 0. The van der Waals surface area contributed by atoms with E-state index in [-0.39, 0.29) is 24.9 Å². The number of carbonyl (C=O) groups excluding carboxylic acids is 3. The normalized spacial score (nSPS) is 18.2. The van der Waals surface area contributed by atoms with Gasteiger partial charge in [0.15, 0.2) is 0 Å². The molecule has 7 heteroatoms. The number of nitrogens with two attached hydrogens (primary N) is 1. The van der Waals surface area contributed by atoms with Crippen molar-refractivity contribution in [3.8, 4) is 0 Å². The number of benzene rings is 1. The van der Waals surface area contributed by atoms with Crippen LogP contribution in [0.3, 0.4) is 0 Å². The molecule has 1 saturated heterocycles. The van der Waals surface area contributed by atoms with Crippen LogP contribution in [0.4, 0.5) is 5.69 Å². The van der Waals surface area contributed by atoms with Crippen LogP contribution in [0.2, 0.25) is 0 Å². The van der Waals surface area contributed by atoms with E-state index in [1.54, 1.807) is 25.1 Å². The van der Waals surface area contributed by atoms with E-state index < -0.39 is 11.9 Å². The van der Waals surface area contributed by atoms with E-state index in [4.69, 9.17) is 5.73 Å². The molecule has 0 bridgehead atoms. The van der Waals surface area contributed by atoms with Gasteiger partial charge in [-0.05, 0) is 24.6 Å². The van der Waals surface area contributed by atoms with Crippen LogP contribution in [-0.4, -0.2) is 36.9 Å². The Morgan fingerprint density at radius 2 is 2.15 bits per heavy atom. The van der Waals surface area contributed by atoms with Crippen molar-refractivity contribution in [2.45, 2.75) is 13.0 Å². The second kappa shape index (κ2) is 5.70. The van der Waals surface area contributed by atoms with Crippen LogP contribution in [0, 0.1) is 6.92 Å². The van der Waals surface area contributed by atoms with Crippen LogP contribution in [0.1, 0.15) is 15.9 Å². The molecular weight excluding hydrogens is 260 g/mol. The third-order valence-electron chi connectivity index (χ3n) is 3.19. The Kier molecular flexibility index (Phi) is 3.99. The van der Waals surface area contributed by atoms with Crippen LogP contribution in [0.15, 0.2) is 18.2 Å². The smallest absolute Gasteiger partial charge is 0.249 e. The van der Waals surface area contributed by atoms with E-state index in [9.17, 15) is 14.4 Å². The number of hydrogen-bond acceptors (Lipinski definition) is 4. The summed E-state index contributed by atoms with van der Waals surface area (Å²) in [6.07, 6.45) is 0. The molecule has 1 heterocycles. The minimum absolute atomic E-state index is 0.110. The summed E-state index contributed by atoms with van der Waals surface area (Å²) in [5.41, 5.74) is 6.78. The molecule has 0 saturated carbocycles. The maximum Gasteiger partial charge on any atom is 0.249 e. The second-order valence-corrected chi connectivity index (χ2v) is 4.57. The van der Waals surface area contributed by atoms with E-state index in [2.05, 4.69) is 16.0 Å². The first-order valence-corrected chi connectivity index (χ1v) is 6.19. The molecule has 0 spiro atoms. The molecule has 3 amide bonds. The van der Waals surface area contributed by atoms with Crippen molar-refractivity contribution in [1.29, 1.82) is 0 Å². The van der Waals surface area contributed by atoms with Gasteiger partial charge in [0.1, 0.15) is 6.04 Å². The van der Waals surface area contributed by atoms with Crippen molar-refractivity contribution < 1.29 is 14.4 Å².